The van der Waals surface area contributed by atoms with E-state index in [-0.39, 0.29) is 30.4 Å². The van der Waals surface area contributed by atoms with E-state index in [0.717, 1.165) is 4.90 Å². The minimum atomic E-state index is -0.275. The Morgan fingerprint density at radius 1 is 1.50 bits per heavy atom. The molecule has 0 radical (unpaired) electrons. The fourth-order valence-electron chi connectivity index (χ4n) is 1.90. The molecule has 5 nitrogen and oxygen atoms in total. The Morgan fingerprint density at radius 3 is 2.90 bits per heavy atom. The van der Waals surface area contributed by atoms with Crippen molar-refractivity contribution in [2.45, 2.75) is 24.8 Å². The van der Waals surface area contributed by atoms with E-state index in [9.17, 15) is 14.7 Å². The van der Waals surface area contributed by atoms with Gasteiger partial charge in [0.25, 0.3) is 5.91 Å². The number of carbonyl (C=O) groups excluding carboxylic acids is 2. The molecule has 0 saturated carbocycles. The summed E-state index contributed by atoms with van der Waals surface area (Å²) in [6.45, 7) is 3.77. The van der Waals surface area contributed by atoms with Crippen molar-refractivity contribution in [2.24, 2.45) is 5.92 Å². The average molecular weight is 294 g/mol. The summed E-state index contributed by atoms with van der Waals surface area (Å²) in [5.41, 5.74) is 1.15. The summed E-state index contributed by atoms with van der Waals surface area (Å²) in [5.74, 6) is 0.246. The van der Waals surface area contributed by atoms with Gasteiger partial charge in [0, 0.05) is 10.5 Å². The first-order valence-electron chi connectivity index (χ1n) is 6.49. The van der Waals surface area contributed by atoms with Gasteiger partial charge in [0.05, 0.1) is 24.1 Å². The lowest BCUT2D eigenvalue weighted by Crippen LogP contribution is -2.41. The quantitative estimate of drug-likeness (QED) is 0.786. The monoisotopic (exact) mass is 294 g/mol. The van der Waals surface area contributed by atoms with Gasteiger partial charge in [0.1, 0.15) is 0 Å². The zero-order valence-electron chi connectivity index (χ0n) is 11.5. The first-order valence-corrected chi connectivity index (χ1v) is 7.48. The average Bonchev–Trinajstić information content (AvgIpc) is 2.43. The zero-order valence-corrected chi connectivity index (χ0v) is 12.3. The van der Waals surface area contributed by atoms with E-state index >= 15 is 0 Å². The third-order valence-corrected chi connectivity index (χ3v) is 4.27. The van der Waals surface area contributed by atoms with E-state index in [4.69, 9.17) is 0 Å². The number of thioether (sulfide) groups is 1. The van der Waals surface area contributed by atoms with Crippen molar-refractivity contribution in [3.63, 3.8) is 0 Å². The third kappa shape index (κ3) is 3.32. The highest BCUT2D eigenvalue weighted by molar-refractivity contribution is 8.00. The van der Waals surface area contributed by atoms with E-state index in [1.165, 1.54) is 11.8 Å². The molecule has 0 bridgehead atoms. The highest BCUT2D eigenvalue weighted by atomic mass is 32.2. The van der Waals surface area contributed by atoms with Crippen LogP contribution in [0.1, 0.15) is 24.2 Å². The summed E-state index contributed by atoms with van der Waals surface area (Å²) in [7, 11) is 0. The Balaban J connectivity index is 2.15. The number of hydrogen-bond donors (Lipinski definition) is 3. The molecule has 0 aliphatic carbocycles. The second-order valence-electron chi connectivity index (χ2n) is 5.05. The molecule has 20 heavy (non-hydrogen) atoms. The summed E-state index contributed by atoms with van der Waals surface area (Å²) < 4.78 is 0. The van der Waals surface area contributed by atoms with Gasteiger partial charge >= 0.3 is 0 Å². The second-order valence-corrected chi connectivity index (χ2v) is 6.07. The van der Waals surface area contributed by atoms with Gasteiger partial charge in [-0.1, -0.05) is 13.8 Å². The van der Waals surface area contributed by atoms with Gasteiger partial charge in [-0.25, -0.2) is 0 Å². The van der Waals surface area contributed by atoms with Crippen molar-refractivity contribution in [1.29, 1.82) is 0 Å². The lowest BCUT2D eigenvalue weighted by Gasteiger charge is -2.21. The summed E-state index contributed by atoms with van der Waals surface area (Å²) in [5, 5.41) is 14.8. The fourth-order valence-corrected chi connectivity index (χ4v) is 2.69. The number of anilines is 1. The number of aliphatic hydroxyl groups excluding tert-OH is 1. The van der Waals surface area contributed by atoms with Crippen LogP contribution in [0.5, 0.6) is 0 Å². The lowest BCUT2D eigenvalue weighted by atomic mass is 10.0. The van der Waals surface area contributed by atoms with Gasteiger partial charge in [-0.2, -0.15) is 0 Å². The van der Waals surface area contributed by atoms with Crippen molar-refractivity contribution in [2.75, 3.05) is 17.7 Å². The maximum absolute atomic E-state index is 12.1. The summed E-state index contributed by atoms with van der Waals surface area (Å²) in [4.78, 5) is 24.5. The molecule has 1 aliphatic rings. The smallest absolute Gasteiger partial charge is 0.251 e. The molecule has 2 amide bonds. The Labute approximate surface area is 122 Å². The molecule has 1 atom stereocenters. The Morgan fingerprint density at radius 2 is 2.25 bits per heavy atom. The van der Waals surface area contributed by atoms with E-state index in [1.807, 2.05) is 19.9 Å². The highest BCUT2D eigenvalue weighted by Gasteiger charge is 2.19. The summed E-state index contributed by atoms with van der Waals surface area (Å²) in [6, 6.07) is 4.96. The molecule has 0 spiro atoms. The predicted octanol–water partition coefficient (Wildman–Crippen LogP) is 1.48. The molecule has 1 heterocycles. The van der Waals surface area contributed by atoms with Gasteiger partial charge in [-0.15, -0.1) is 11.8 Å². The third-order valence-electron chi connectivity index (χ3n) is 3.19. The van der Waals surface area contributed by atoms with E-state index < -0.39 is 0 Å². The van der Waals surface area contributed by atoms with Crippen LogP contribution in [-0.2, 0) is 4.79 Å². The van der Waals surface area contributed by atoms with Crippen LogP contribution in [0.25, 0.3) is 0 Å². The number of rotatable bonds is 4. The molecule has 1 aromatic rings. The first-order chi connectivity index (χ1) is 9.51. The molecule has 108 valence electrons. The SMILES string of the molecule is CC(C)[C@@H](CO)NC(=O)c1ccc2c(c1)NC(=O)CS2. The van der Waals surface area contributed by atoms with Crippen molar-refractivity contribution in [3.8, 4) is 0 Å². The number of benzene rings is 1. The Kier molecular flexibility index (Phi) is 4.67. The molecule has 3 N–H and O–H groups in total. The van der Waals surface area contributed by atoms with Crippen molar-refractivity contribution >= 4 is 29.3 Å². The maximum atomic E-state index is 12.1. The van der Waals surface area contributed by atoms with E-state index in [2.05, 4.69) is 10.6 Å². The number of aliphatic hydroxyl groups is 1. The van der Waals surface area contributed by atoms with Crippen LogP contribution >= 0.6 is 11.8 Å². The topological polar surface area (TPSA) is 78.4 Å². The number of amides is 2. The van der Waals surface area contributed by atoms with Crippen LogP contribution < -0.4 is 10.6 Å². The van der Waals surface area contributed by atoms with Gasteiger partial charge in [0.2, 0.25) is 5.91 Å². The van der Waals surface area contributed by atoms with Gasteiger partial charge in [-0.3, -0.25) is 9.59 Å². The van der Waals surface area contributed by atoms with Crippen LogP contribution in [0, 0.1) is 5.92 Å². The van der Waals surface area contributed by atoms with Crippen LogP contribution in [0.2, 0.25) is 0 Å². The van der Waals surface area contributed by atoms with Crippen LogP contribution in [-0.4, -0.2) is 35.3 Å². The molecular weight excluding hydrogens is 276 g/mol. The number of fused-ring (bicyclic) bond motifs is 1. The van der Waals surface area contributed by atoms with E-state index in [0.29, 0.717) is 17.0 Å². The molecule has 6 heteroatoms. The van der Waals surface area contributed by atoms with Crippen molar-refractivity contribution < 1.29 is 14.7 Å². The minimum Gasteiger partial charge on any atom is -0.394 e. The van der Waals surface area contributed by atoms with Gasteiger partial charge in [0.15, 0.2) is 0 Å². The second kappa shape index (κ2) is 6.28. The molecule has 0 saturated heterocycles. The lowest BCUT2D eigenvalue weighted by molar-refractivity contribution is -0.113. The van der Waals surface area contributed by atoms with Crippen molar-refractivity contribution in [1.82, 2.24) is 5.32 Å². The predicted molar refractivity (Wildman–Crippen MR) is 79.0 cm³/mol. The number of carbonyl (C=O) groups is 2. The molecule has 1 aromatic carbocycles. The first kappa shape index (κ1) is 14.9. The van der Waals surface area contributed by atoms with Crippen LogP contribution in [0.3, 0.4) is 0 Å². The standard InChI is InChI=1S/C14H18N2O3S/c1-8(2)11(6-17)16-14(19)9-3-4-12-10(5-9)15-13(18)7-20-12/h3-5,8,11,17H,6-7H2,1-2H3,(H,15,18)(H,16,19)/t11-/m1/s1. The highest BCUT2D eigenvalue weighted by Crippen LogP contribution is 2.31. The van der Waals surface area contributed by atoms with Gasteiger partial charge < -0.3 is 15.7 Å². The number of hydrogen-bond acceptors (Lipinski definition) is 4. The van der Waals surface area contributed by atoms with Gasteiger partial charge in [-0.05, 0) is 24.1 Å². The summed E-state index contributed by atoms with van der Waals surface area (Å²) in [6.07, 6.45) is 0. The van der Waals surface area contributed by atoms with E-state index in [1.54, 1.807) is 12.1 Å². The molecule has 0 aromatic heterocycles. The fraction of sp³-hybridized carbons (Fsp3) is 0.429. The molecule has 0 unspecified atom stereocenters. The molecular formula is C14H18N2O3S. The van der Waals surface area contributed by atoms with Crippen LogP contribution in [0.15, 0.2) is 23.1 Å². The normalized spacial score (nSPS) is 15.5. The Bertz CT molecular complexity index is 531. The minimum absolute atomic E-state index is 0.0597. The largest absolute Gasteiger partial charge is 0.394 e. The van der Waals surface area contributed by atoms with Crippen LogP contribution in [0.4, 0.5) is 5.69 Å². The molecule has 1 aliphatic heterocycles. The zero-order chi connectivity index (χ0) is 14.7. The van der Waals surface area contributed by atoms with Crippen molar-refractivity contribution in [3.05, 3.63) is 23.8 Å². The maximum Gasteiger partial charge on any atom is 0.251 e. The molecule has 2 rings (SSSR count). The Hall–Kier alpha value is -1.53. The molecule has 0 fully saturated rings. The number of nitrogens with one attached hydrogen (secondary N) is 2. The summed E-state index contributed by atoms with van der Waals surface area (Å²) >= 11 is 1.46.